The molecular weight excluding hydrogens is 746 g/mol. The predicted molar refractivity (Wildman–Crippen MR) is 203 cm³/mol. The number of ether oxygens (including phenoxy) is 3. The van der Waals surface area contributed by atoms with Gasteiger partial charge in [0.1, 0.15) is 6.61 Å². The number of nitrogens with zero attached hydrogens (tertiary/aromatic N) is 1. The van der Waals surface area contributed by atoms with Crippen molar-refractivity contribution in [2.75, 3.05) is 57.3 Å². The van der Waals surface area contributed by atoms with Gasteiger partial charge in [0.05, 0.1) is 19.3 Å². The van der Waals surface area contributed by atoms with E-state index in [2.05, 4.69) is 21.4 Å². The molecular formula is C39H51N5O13. The minimum Gasteiger partial charge on any atom is -0.432 e. The van der Waals surface area contributed by atoms with Gasteiger partial charge < -0.3 is 35.3 Å². The lowest BCUT2D eigenvalue weighted by molar-refractivity contribution is -0.177. The number of hydroxylamine groups is 3. The third-order valence-electron chi connectivity index (χ3n) is 9.01. The van der Waals surface area contributed by atoms with E-state index in [-0.39, 0.29) is 87.9 Å². The van der Waals surface area contributed by atoms with E-state index in [1.165, 1.54) is 0 Å². The van der Waals surface area contributed by atoms with Crippen molar-refractivity contribution in [3.8, 4) is 11.1 Å². The minimum atomic E-state index is -1.25. The van der Waals surface area contributed by atoms with Gasteiger partial charge >= 0.3 is 6.16 Å². The second-order valence-electron chi connectivity index (χ2n) is 13.5. The molecule has 18 heteroatoms. The van der Waals surface area contributed by atoms with Gasteiger partial charge in [0.2, 0.25) is 23.6 Å². The molecule has 1 saturated heterocycles. The summed E-state index contributed by atoms with van der Waals surface area (Å²) in [5, 5.41) is 17.8. The molecule has 5 N–H and O–H groups in total. The van der Waals surface area contributed by atoms with Crippen molar-refractivity contribution in [2.24, 2.45) is 0 Å². The van der Waals surface area contributed by atoms with E-state index < -0.39 is 23.9 Å². The first-order valence-corrected chi connectivity index (χ1v) is 19.0. The zero-order valence-corrected chi connectivity index (χ0v) is 32.2. The Bertz CT molecular complexity index is 1740. The van der Waals surface area contributed by atoms with E-state index in [1.807, 2.05) is 19.1 Å². The molecule has 310 valence electrons. The van der Waals surface area contributed by atoms with Gasteiger partial charge in [0.15, 0.2) is 0 Å². The van der Waals surface area contributed by atoms with Gasteiger partial charge in [-0.25, -0.2) is 10.3 Å². The fourth-order valence-corrected chi connectivity index (χ4v) is 6.13. The molecule has 1 fully saturated rings. The number of imide groups is 1. The SMILES string of the molecule is COCCCONC(=O)CCCC(=O)Nc1ccc2c(c1)C(COC(=O)ON1C(=O)CCC1=O)c1cc(NC(=O)CCCC(=O)NCCOC(C)CCO)ccc1-2. The Morgan fingerprint density at radius 2 is 1.37 bits per heavy atom. The van der Waals surface area contributed by atoms with Crippen LogP contribution >= 0.6 is 0 Å². The van der Waals surface area contributed by atoms with Crippen molar-refractivity contribution in [3.05, 3.63) is 47.5 Å². The summed E-state index contributed by atoms with van der Waals surface area (Å²) in [5.74, 6) is -3.11. The van der Waals surface area contributed by atoms with Crippen molar-refractivity contribution in [1.29, 1.82) is 0 Å². The summed E-state index contributed by atoms with van der Waals surface area (Å²) in [4.78, 5) is 96.4. The number of amides is 6. The maximum atomic E-state index is 12.9. The number of anilines is 2. The number of hydrogen-bond donors (Lipinski definition) is 5. The first-order valence-electron chi connectivity index (χ1n) is 19.0. The molecule has 1 heterocycles. The number of fused-ring (bicyclic) bond motifs is 3. The van der Waals surface area contributed by atoms with E-state index in [0.29, 0.717) is 73.2 Å². The number of methoxy groups -OCH3 is 1. The summed E-state index contributed by atoms with van der Waals surface area (Å²) in [7, 11) is 1.57. The van der Waals surface area contributed by atoms with Gasteiger partial charge in [0.25, 0.3) is 11.8 Å². The highest BCUT2D eigenvalue weighted by Crippen LogP contribution is 2.47. The van der Waals surface area contributed by atoms with Gasteiger partial charge in [-0.1, -0.05) is 17.2 Å². The quantitative estimate of drug-likeness (QED) is 0.0445. The van der Waals surface area contributed by atoms with E-state index >= 15 is 0 Å². The fourth-order valence-electron chi connectivity index (χ4n) is 6.13. The normalized spacial score (nSPS) is 14.7. The Labute approximate surface area is 330 Å². The molecule has 0 radical (unpaired) electrons. The first-order chi connectivity index (χ1) is 27.5. The zero-order valence-electron chi connectivity index (χ0n) is 32.2. The summed E-state index contributed by atoms with van der Waals surface area (Å²) in [5.41, 5.74) is 6.21. The molecule has 2 atom stereocenters. The molecule has 2 aliphatic rings. The van der Waals surface area contributed by atoms with Crippen LogP contribution in [0.1, 0.15) is 88.2 Å². The number of carbonyl (C=O) groups is 7. The minimum absolute atomic E-state index is 0.0225. The van der Waals surface area contributed by atoms with Crippen LogP contribution in [0.5, 0.6) is 0 Å². The lowest BCUT2D eigenvalue weighted by Gasteiger charge is -2.17. The summed E-state index contributed by atoms with van der Waals surface area (Å²) in [6, 6.07) is 10.6. The highest BCUT2D eigenvalue weighted by molar-refractivity contribution is 6.01. The largest absolute Gasteiger partial charge is 0.533 e. The van der Waals surface area contributed by atoms with E-state index in [1.54, 1.807) is 31.4 Å². The Balaban J connectivity index is 1.36. The molecule has 0 spiro atoms. The Morgan fingerprint density at radius 1 is 0.789 bits per heavy atom. The number of hydrogen-bond acceptors (Lipinski definition) is 13. The Kier molecular flexibility index (Phi) is 17.8. The van der Waals surface area contributed by atoms with Gasteiger partial charge in [-0.3, -0.25) is 38.4 Å². The van der Waals surface area contributed by atoms with Crippen LogP contribution in [0.4, 0.5) is 16.2 Å². The molecule has 0 aromatic heterocycles. The second-order valence-corrected chi connectivity index (χ2v) is 13.5. The molecule has 2 aromatic carbocycles. The molecule has 57 heavy (non-hydrogen) atoms. The molecule has 2 aromatic rings. The predicted octanol–water partition coefficient (Wildman–Crippen LogP) is 3.22. The number of carbonyl (C=O) groups excluding carboxylic acids is 7. The third kappa shape index (κ3) is 14.2. The van der Waals surface area contributed by atoms with Crippen LogP contribution in [-0.4, -0.2) is 105 Å². The summed E-state index contributed by atoms with van der Waals surface area (Å²) in [6.45, 7) is 3.02. The maximum Gasteiger partial charge on any atom is 0.533 e. The molecule has 2 unspecified atom stereocenters. The Morgan fingerprint density at radius 3 is 1.95 bits per heavy atom. The van der Waals surface area contributed by atoms with Crippen LogP contribution in [0.3, 0.4) is 0 Å². The standard InChI is InChI=1S/C39H51N5O13/c1-25(16-18-45)54-21-17-40-33(46)6-3-7-34(47)41-26-10-12-28-29-13-11-27(42-35(48)8-4-9-36(49)43-56-20-5-19-53-2)23-31(29)32(30(28)22-26)24-55-39(52)57-44-37(50)14-15-38(44)51/h10-13,22-23,25,32,45H,3-9,14-21,24H2,1-2H3,(H,40,46)(H,41,47)(H,42,48)(H,43,49). The van der Waals surface area contributed by atoms with Gasteiger partial charge in [-0.2, -0.15) is 0 Å². The average molecular weight is 798 g/mol. The van der Waals surface area contributed by atoms with Crippen LogP contribution in [-0.2, 0) is 52.7 Å². The smallest absolute Gasteiger partial charge is 0.432 e. The topological polar surface area (TPSA) is 237 Å². The van der Waals surface area contributed by atoms with Crippen molar-refractivity contribution in [1.82, 2.24) is 15.9 Å². The lowest BCUT2D eigenvalue weighted by atomic mass is 9.97. The van der Waals surface area contributed by atoms with E-state index in [4.69, 9.17) is 29.0 Å². The van der Waals surface area contributed by atoms with E-state index in [0.717, 1.165) is 11.1 Å². The number of aliphatic hydroxyl groups is 1. The van der Waals surface area contributed by atoms with Crippen molar-refractivity contribution in [2.45, 2.75) is 83.2 Å². The molecule has 0 saturated carbocycles. The summed E-state index contributed by atoms with van der Waals surface area (Å²) in [6.07, 6.45) is 0.554. The summed E-state index contributed by atoms with van der Waals surface area (Å²) < 4.78 is 15.8. The molecule has 18 nitrogen and oxygen atoms in total. The molecule has 1 aliphatic carbocycles. The van der Waals surface area contributed by atoms with E-state index in [9.17, 15) is 33.6 Å². The fraction of sp³-hybridized carbons (Fsp3) is 0.513. The monoisotopic (exact) mass is 797 g/mol. The third-order valence-corrected chi connectivity index (χ3v) is 9.01. The van der Waals surface area contributed by atoms with Crippen molar-refractivity contribution in [3.63, 3.8) is 0 Å². The summed E-state index contributed by atoms with van der Waals surface area (Å²) >= 11 is 0. The van der Waals surface area contributed by atoms with Gasteiger partial charge in [-0.05, 0) is 79.1 Å². The van der Waals surface area contributed by atoms with Crippen LogP contribution in [0.2, 0.25) is 0 Å². The first kappa shape index (κ1) is 44.3. The van der Waals surface area contributed by atoms with Crippen molar-refractivity contribution >= 4 is 53.0 Å². The highest BCUT2D eigenvalue weighted by Gasteiger charge is 2.35. The van der Waals surface area contributed by atoms with Crippen molar-refractivity contribution < 1.29 is 62.6 Å². The molecule has 6 amide bonds. The van der Waals surface area contributed by atoms with Gasteiger partial charge in [0, 0.05) is 82.7 Å². The number of benzene rings is 2. The second kappa shape index (κ2) is 23.0. The van der Waals surface area contributed by atoms with Crippen LogP contribution in [0, 0.1) is 0 Å². The lowest BCUT2D eigenvalue weighted by Crippen LogP contribution is -2.32. The molecule has 1 aliphatic heterocycles. The van der Waals surface area contributed by atoms with Crippen LogP contribution < -0.4 is 21.4 Å². The number of rotatable bonds is 24. The van der Waals surface area contributed by atoms with Crippen LogP contribution in [0.25, 0.3) is 11.1 Å². The number of nitrogens with one attached hydrogen (secondary N) is 4. The molecule has 0 bridgehead atoms. The highest BCUT2D eigenvalue weighted by atomic mass is 16.8. The van der Waals surface area contributed by atoms with Crippen LogP contribution in [0.15, 0.2) is 36.4 Å². The average Bonchev–Trinajstić information content (AvgIpc) is 3.65. The maximum absolute atomic E-state index is 12.9. The zero-order chi connectivity index (χ0) is 41.2. The molecule has 4 rings (SSSR count). The number of aliphatic hydroxyl groups excluding tert-OH is 1. The van der Waals surface area contributed by atoms with Gasteiger partial charge in [-0.15, -0.1) is 0 Å². The Hall–Kier alpha value is -5.43.